The molecule has 13 heteroatoms. The molecule has 0 fully saturated rings. The summed E-state index contributed by atoms with van der Waals surface area (Å²) in [6.45, 7) is 20.0. The van der Waals surface area contributed by atoms with Crippen molar-refractivity contribution in [3.8, 4) is 69.3 Å². The number of halogens is 1. The lowest BCUT2D eigenvalue weighted by molar-refractivity contribution is 0.0784. The van der Waals surface area contributed by atoms with Crippen molar-refractivity contribution in [3.63, 3.8) is 0 Å². The van der Waals surface area contributed by atoms with Crippen molar-refractivity contribution in [2.45, 2.75) is 112 Å². The molecule has 64 heavy (non-hydrogen) atoms. The summed E-state index contributed by atoms with van der Waals surface area (Å²) in [4.78, 5) is 9.22. The standard InChI is InChI=1S/C27H29N3O3.C24H25FN4O2/c1-16(2)31-23-12-10-18(14-19(23)15-28)26-29-25(30-33-26)22-9-7-8-21-20(22)11-13-24(21)32-17(3)27(4,5)6;1-14(2)30-22-10-7-16(11-17(22)12-26)24-28-23(29-31-24)20-6-4-5-19-18(20)8-9-21(19)27-13-15(3)25/h7-10,12,14,16,24H,3,11,13H2,1-2,4-6H3;4-7,10-11,14-15,21,27H,8-9,13H2,1-3H3/t24-;15?,21-/m10/s1. The van der Waals surface area contributed by atoms with Crippen molar-refractivity contribution in [2.75, 3.05) is 6.54 Å². The van der Waals surface area contributed by atoms with Gasteiger partial charge in [-0.2, -0.15) is 20.5 Å². The lowest BCUT2D eigenvalue weighted by atomic mass is 9.94. The van der Waals surface area contributed by atoms with E-state index in [9.17, 15) is 14.9 Å². The number of alkyl halides is 1. The molecule has 2 aromatic heterocycles. The average molecular weight is 864 g/mol. The zero-order valence-corrected chi connectivity index (χ0v) is 37.7. The molecule has 3 atom stereocenters. The van der Waals surface area contributed by atoms with Crippen molar-refractivity contribution in [1.29, 1.82) is 10.5 Å². The number of rotatable bonds is 13. The summed E-state index contributed by atoms with van der Waals surface area (Å²) in [6.07, 6.45) is 2.57. The van der Waals surface area contributed by atoms with Gasteiger partial charge in [-0.15, -0.1) is 0 Å². The van der Waals surface area contributed by atoms with E-state index in [0.717, 1.165) is 59.3 Å². The third-order valence-electron chi connectivity index (χ3n) is 11.0. The van der Waals surface area contributed by atoms with Crippen LogP contribution < -0.4 is 14.8 Å². The SMILES string of the molecule is C=C(O[C@@H]1CCc2c(-c3noc(-c4ccc(OC(C)C)c(C#N)c4)n3)cccc21)C(C)(C)C.CC(F)CN[C@H]1CCc2c(-c3noc(-c4ccc(OC(C)C)c(C#N)c4)n3)cccc21. The first kappa shape index (κ1) is 45.2. The van der Waals surface area contributed by atoms with Crippen LogP contribution >= 0.6 is 0 Å². The second-order valence-corrected chi connectivity index (χ2v) is 17.7. The Morgan fingerprint density at radius 2 is 1.27 bits per heavy atom. The van der Waals surface area contributed by atoms with Crippen LogP contribution in [0.5, 0.6) is 11.5 Å². The molecule has 0 aliphatic heterocycles. The van der Waals surface area contributed by atoms with Gasteiger partial charge in [0.25, 0.3) is 11.8 Å². The third-order valence-corrected chi connectivity index (χ3v) is 11.0. The predicted molar refractivity (Wildman–Crippen MR) is 242 cm³/mol. The van der Waals surface area contributed by atoms with Crippen LogP contribution in [0.3, 0.4) is 0 Å². The van der Waals surface area contributed by atoms with E-state index >= 15 is 0 Å². The fourth-order valence-corrected chi connectivity index (χ4v) is 7.79. The number of hydrogen-bond donors (Lipinski definition) is 1. The Bertz CT molecular complexity index is 2720. The van der Waals surface area contributed by atoms with Crippen LogP contribution in [0.15, 0.2) is 94.2 Å². The van der Waals surface area contributed by atoms with Gasteiger partial charge in [-0.05, 0) is 119 Å². The predicted octanol–water partition coefficient (Wildman–Crippen LogP) is 11.6. The molecule has 4 aromatic carbocycles. The molecule has 0 amide bonds. The van der Waals surface area contributed by atoms with Gasteiger partial charge in [0.1, 0.15) is 35.9 Å². The molecular weight excluding hydrogens is 810 g/mol. The van der Waals surface area contributed by atoms with Gasteiger partial charge in [-0.3, -0.25) is 0 Å². The number of aromatic nitrogens is 4. The number of nitrogens with one attached hydrogen (secondary N) is 1. The molecule has 0 saturated heterocycles. The number of fused-ring (bicyclic) bond motifs is 2. The fourth-order valence-electron chi connectivity index (χ4n) is 7.79. The molecule has 12 nitrogen and oxygen atoms in total. The molecular formula is C51H54FN7O5. The topological polar surface area (TPSA) is 165 Å². The van der Waals surface area contributed by atoms with Gasteiger partial charge in [0.15, 0.2) is 0 Å². The van der Waals surface area contributed by atoms with Crippen molar-refractivity contribution in [1.82, 2.24) is 25.6 Å². The van der Waals surface area contributed by atoms with Gasteiger partial charge >= 0.3 is 0 Å². The summed E-state index contributed by atoms with van der Waals surface area (Å²) < 4.78 is 41.9. The number of benzene rings is 4. The highest BCUT2D eigenvalue weighted by Crippen LogP contribution is 2.43. The fraction of sp³-hybridized carbons (Fsp3) is 0.373. The Morgan fingerprint density at radius 3 is 1.75 bits per heavy atom. The quantitative estimate of drug-likeness (QED) is 0.109. The number of ether oxygens (including phenoxy) is 3. The van der Waals surface area contributed by atoms with Crippen LogP contribution in [0, 0.1) is 28.1 Å². The van der Waals surface area contributed by atoms with Gasteiger partial charge in [0, 0.05) is 40.3 Å². The lowest BCUT2D eigenvalue weighted by Gasteiger charge is -2.26. The Morgan fingerprint density at radius 1 is 0.766 bits per heavy atom. The molecule has 0 bridgehead atoms. The molecule has 1 unspecified atom stereocenters. The van der Waals surface area contributed by atoms with E-state index in [4.69, 9.17) is 23.3 Å². The minimum absolute atomic E-state index is 0.0218. The second kappa shape index (κ2) is 19.3. The van der Waals surface area contributed by atoms with Crippen LogP contribution in [0.25, 0.3) is 45.7 Å². The summed E-state index contributed by atoms with van der Waals surface area (Å²) in [7, 11) is 0. The van der Waals surface area contributed by atoms with E-state index in [0.29, 0.717) is 63.7 Å². The molecule has 8 rings (SSSR count). The van der Waals surface area contributed by atoms with Crippen molar-refractivity contribution >= 4 is 0 Å². The maximum absolute atomic E-state index is 13.3. The lowest BCUT2D eigenvalue weighted by Crippen LogP contribution is -2.25. The molecule has 1 N–H and O–H groups in total. The largest absolute Gasteiger partial charge is 0.490 e. The maximum Gasteiger partial charge on any atom is 0.258 e. The van der Waals surface area contributed by atoms with Crippen LogP contribution in [0.4, 0.5) is 4.39 Å². The Balaban J connectivity index is 0.000000192. The van der Waals surface area contributed by atoms with Crippen LogP contribution in [-0.2, 0) is 17.6 Å². The van der Waals surface area contributed by atoms with E-state index < -0.39 is 6.17 Å². The third kappa shape index (κ3) is 10.2. The number of hydrogen-bond acceptors (Lipinski definition) is 12. The number of nitrogens with zero attached hydrogens (tertiary/aromatic N) is 6. The van der Waals surface area contributed by atoms with E-state index in [1.165, 1.54) is 5.56 Å². The summed E-state index contributed by atoms with van der Waals surface area (Å²) in [5.74, 6) is 3.60. The molecule has 0 spiro atoms. The molecule has 330 valence electrons. The first-order valence-electron chi connectivity index (χ1n) is 21.7. The Hall–Kier alpha value is -6.83. The van der Waals surface area contributed by atoms with Crippen molar-refractivity contribution in [2.24, 2.45) is 5.41 Å². The molecule has 2 aliphatic carbocycles. The number of nitriles is 2. The van der Waals surface area contributed by atoms with Gasteiger partial charge < -0.3 is 28.6 Å². The van der Waals surface area contributed by atoms with Gasteiger partial charge in [-0.1, -0.05) is 74.1 Å². The van der Waals surface area contributed by atoms with E-state index in [1.54, 1.807) is 31.2 Å². The molecule has 6 aromatic rings. The Labute approximate surface area is 374 Å². The highest BCUT2D eigenvalue weighted by molar-refractivity contribution is 5.68. The summed E-state index contributed by atoms with van der Waals surface area (Å²) in [5, 5.41) is 30.7. The van der Waals surface area contributed by atoms with E-state index in [-0.39, 0.29) is 29.8 Å². The molecule has 2 aliphatic rings. The highest BCUT2D eigenvalue weighted by Gasteiger charge is 2.31. The monoisotopic (exact) mass is 863 g/mol. The Kier molecular flexibility index (Phi) is 13.6. The van der Waals surface area contributed by atoms with Crippen LogP contribution in [0.1, 0.15) is 114 Å². The van der Waals surface area contributed by atoms with E-state index in [1.807, 2.05) is 64.1 Å². The second-order valence-electron chi connectivity index (χ2n) is 17.7. The first-order chi connectivity index (χ1) is 30.6. The van der Waals surface area contributed by atoms with Crippen molar-refractivity contribution < 1.29 is 27.6 Å². The normalized spacial score (nSPS) is 15.7. The van der Waals surface area contributed by atoms with Gasteiger partial charge in [-0.25, -0.2) is 4.39 Å². The molecule has 2 heterocycles. The first-order valence-corrected chi connectivity index (χ1v) is 21.7. The number of allylic oxidation sites excluding steroid dienone is 1. The zero-order chi connectivity index (χ0) is 45.7. The zero-order valence-electron chi connectivity index (χ0n) is 37.7. The summed E-state index contributed by atoms with van der Waals surface area (Å²) in [6, 6.07) is 27.2. The smallest absolute Gasteiger partial charge is 0.258 e. The minimum atomic E-state index is -0.886. The molecule has 0 saturated carbocycles. The summed E-state index contributed by atoms with van der Waals surface area (Å²) >= 11 is 0. The average Bonchev–Trinajstić information content (AvgIpc) is 4.10. The van der Waals surface area contributed by atoms with Crippen molar-refractivity contribution in [3.05, 3.63) is 119 Å². The summed E-state index contributed by atoms with van der Waals surface area (Å²) in [5.41, 5.74) is 8.59. The highest BCUT2D eigenvalue weighted by atomic mass is 19.1. The van der Waals surface area contributed by atoms with E-state index in [2.05, 4.69) is 77.2 Å². The van der Waals surface area contributed by atoms with Gasteiger partial charge in [0.2, 0.25) is 11.6 Å². The van der Waals surface area contributed by atoms with Crippen LogP contribution in [0.2, 0.25) is 0 Å². The van der Waals surface area contributed by atoms with Gasteiger partial charge in [0.05, 0.1) is 29.1 Å². The maximum atomic E-state index is 13.3. The minimum Gasteiger partial charge on any atom is -0.490 e. The van der Waals surface area contributed by atoms with Crippen LogP contribution in [-0.4, -0.2) is 45.2 Å². The molecule has 0 radical (unpaired) electrons.